The zero-order valence-electron chi connectivity index (χ0n) is 11.6. The van der Waals surface area contributed by atoms with Gasteiger partial charge in [-0.3, -0.25) is 4.79 Å². The molecule has 6 heteroatoms. The minimum atomic E-state index is -0.147. The van der Waals surface area contributed by atoms with Crippen molar-refractivity contribution in [3.8, 4) is 16.9 Å². The van der Waals surface area contributed by atoms with Crippen LogP contribution in [-0.4, -0.2) is 17.1 Å². The Labute approximate surface area is 130 Å². The highest BCUT2D eigenvalue weighted by molar-refractivity contribution is 7.19. The van der Waals surface area contributed by atoms with Crippen LogP contribution in [0.25, 0.3) is 21.3 Å². The monoisotopic (exact) mass is 320 g/mol. The van der Waals surface area contributed by atoms with E-state index in [4.69, 9.17) is 16.3 Å². The fourth-order valence-corrected chi connectivity index (χ4v) is 3.52. The van der Waals surface area contributed by atoms with Crippen LogP contribution >= 0.6 is 22.9 Å². The Hall–Kier alpha value is -1.85. The number of hydrogen-bond acceptors (Lipinski definition) is 4. The minimum absolute atomic E-state index is 0.147. The normalized spacial score (nSPS) is 11.0. The maximum Gasteiger partial charge on any atom is 0.260 e. The molecule has 21 heavy (non-hydrogen) atoms. The van der Waals surface area contributed by atoms with Gasteiger partial charge in [-0.15, -0.1) is 22.9 Å². The molecule has 0 bridgehead atoms. The van der Waals surface area contributed by atoms with Crippen LogP contribution in [0.3, 0.4) is 0 Å². The summed E-state index contributed by atoms with van der Waals surface area (Å²) in [6, 6.07) is 7.66. The van der Waals surface area contributed by atoms with Gasteiger partial charge in [0.25, 0.3) is 5.56 Å². The number of nitrogens with zero attached hydrogens (tertiary/aromatic N) is 1. The third-order valence-corrected chi connectivity index (χ3v) is 4.54. The van der Waals surface area contributed by atoms with Gasteiger partial charge in [0.2, 0.25) is 0 Å². The predicted octanol–water partition coefficient (Wildman–Crippen LogP) is 3.71. The van der Waals surface area contributed by atoms with Crippen LogP contribution in [-0.2, 0) is 5.88 Å². The first-order valence-electron chi connectivity index (χ1n) is 6.36. The molecule has 0 aliphatic heterocycles. The van der Waals surface area contributed by atoms with Crippen LogP contribution in [0, 0.1) is 6.92 Å². The molecule has 3 rings (SSSR count). The predicted molar refractivity (Wildman–Crippen MR) is 86.5 cm³/mol. The average Bonchev–Trinajstić information content (AvgIpc) is 2.83. The number of alkyl halides is 1. The number of nitrogens with one attached hydrogen (secondary N) is 1. The third kappa shape index (κ3) is 2.43. The molecular formula is C15H13ClN2O2S. The van der Waals surface area contributed by atoms with Gasteiger partial charge in [0, 0.05) is 10.4 Å². The van der Waals surface area contributed by atoms with E-state index in [1.165, 1.54) is 11.3 Å². The topological polar surface area (TPSA) is 55.0 Å². The van der Waals surface area contributed by atoms with Gasteiger partial charge in [0.1, 0.15) is 16.4 Å². The Morgan fingerprint density at radius 3 is 2.67 bits per heavy atom. The van der Waals surface area contributed by atoms with Crippen LogP contribution in [0.4, 0.5) is 0 Å². The zero-order chi connectivity index (χ0) is 15.0. The second-order valence-corrected chi connectivity index (χ2v) is 6.06. The lowest BCUT2D eigenvalue weighted by Crippen LogP contribution is -2.10. The van der Waals surface area contributed by atoms with Crippen LogP contribution in [0.15, 0.2) is 29.1 Å². The second-order valence-electron chi connectivity index (χ2n) is 4.59. The van der Waals surface area contributed by atoms with Gasteiger partial charge < -0.3 is 9.72 Å². The highest BCUT2D eigenvalue weighted by Crippen LogP contribution is 2.36. The molecule has 0 radical (unpaired) electrons. The molecule has 0 atom stereocenters. The molecule has 3 aromatic rings. The largest absolute Gasteiger partial charge is 0.497 e. The quantitative estimate of drug-likeness (QED) is 0.748. The number of rotatable bonds is 3. The summed E-state index contributed by atoms with van der Waals surface area (Å²) in [5, 5.41) is 0.622. The van der Waals surface area contributed by atoms with Crippen molar-refractivity contribution in [2.24, 2.45) is 0 Å². The third-order valence-electron chi connectivity index (χ3n) is 3.29. The van der Waals surface area contributed by atoms with Crippen molar-refractivity contribution < 1.29 is 4.74 Å². The highest BCUT2D eigenvalue weighted by Gasteiger charge is 2.16. The first-order valence-corrected chi connectivity index (χ1v) is 7.72. The summed E-state index contributed by atoms with van der Waals surface area (Å²) in [6.07, 6.45) is 0. The van der Waals surface area contributed by atoms with Gasteiger partial charge in [-0.25, -0.2) is 4.98 Å². The standard InChI is InChI=1S/C15H13ClN2O2S/c1-8-12(9-3-5-10(20-2)6-4-9)13-14(19)17-11(7-16)18-15(13)21-8/h3-6H,7H2,1-2H3,(H,17,18,19). The summed E-state index contributed by atoms with van der Waals surface area (Å²) < 4.78 is 5.17. The molecule has 0 amide bonds. The number of H-pyrrole nitrogens is 1. The molecule has 1 aromatic carbocycles. The van der Waals surface area contributed by atoms with Crippen molar-refractivity contribution in [2.45, 2.75) is 12.8 Å². The zero-order valence-corrected chi connectivity index (χ0v) is 13.1. The molecule has 0 fully saturated rings. The summed E-state index contributed by atoms with van der Waals surface area (Å²) in [5.41, 5.74) is 1.75. The second kappa shape index (κ2) is 5.50. The molecule has 4 nitrogen and oxygen atoms in total. The van der Waals surface area contributed by atoms with Crippen LogP contribution in [0.1, 0.15) is 10.7 Å². The van der Waals surface area contributed by atoms with Gasteiger partial charge in [-0.05, 0) is 24.6 Å². The van der Waals surface area contributed by atoms with E-state index in [-0.39, 0.29) is 11.4 Å². The van der Waals surface area contributed by atoms with Crippen molar-refractivity contribution >= 4 is 33.2 Å². The molecule has 1 N–H and O–H groups in total. The van der Waals surface area contributed by atoms with E-state index in [2.05, 4.69) is 9.97 Å². The van der Waals surface area contributed by atoms with E-state index >= 15 is 0 Å². The number of fused-ring (bicyclic) bond motifs is 1. The smallest absolute Gasteiger partial charge is 0.260 e. The Morgan fingerprint density at radius 2 is 2.05 bits per heavy atom. The Morgan fingerprint density at radius 1 is 1.33 bits per heavy atom. The lowest BCUT2D eigenvalue weighted by molar-refractivity contribution is 0.415. The lowest BCUT2D eigenvalue weighted by Gasteiger charge is -2.04. The van der Waals surface area contributed by atoms with E-state index in [0.717, 1.165) is 26.6 Å². The number of aromatic nitrogens is 2. The minimum Gasteiger partial charge on any atom is -0.497 e. The maximum absolute atomic E-state index is 12.3. The summed E-state index contributed by atoms with van der Waals surface area (Å²) in [7, 11) is 1.63. The SMILES string of the molecule is COc1ccc(-c2c(C)sc3nc(CCl)[nH]c(=O)c23)cc1. The van der Waals surface area contributed by atoms with Gasteiger partial charge >= 0.3 is 0 Å². The van der Waals surface area contributed by atoms with E-state index in [1.54, 1.807) is 7.11 Å². The van der Waals surface area contributed by atoms with Gasteiger partial charge in [0.05, 0.1) is 18.4 Å². The van der Waals surface area contributed by atoms with Crippen LogP contribution < -0.4 is 10.3 Å². The molecule has 0 saturated carbocycles. The molecule has 0 unspecified atom stereocenters. The van der Waals surface area contributed by atoms with Crippen molar-refractivity contribution in [3.63, 3.8) is 0 Å². The van der Waals surface area contributed by atoms with Gasteiger partial charge in [0.15, 0.2) is 0 Å². The van der Waals surface area contributed by atoms with Crippen molar-refractivity contribution in [1.82, 2.24) is 9.97 Å². The molecule has 108 valence electrons. The highest BCUT2D eigenvalue weighted by atomic mass is 35.5. The van der Waals surface area contributed by atoms with E-state index < -0.39 is 0 Å². The van der Waals surface area contributed by atoms with Gasteiger partial charge in [-0.1, -0.05) is 12.1 Å². The summed E-state index contributed by atoms with van der Waals surface area (Å²) in [6.45, 7) is 1.99. The first kappa shape index (κ1) is 14.1. The van der Waals surface area contributed by atoms with Crippen LogP contribution in [0.2, 0.25) is 0 Å². The fraction of sp³-hybridized carbons (Fsp3) is 0.200. The fourth-order valence-electron chi connectivity index (χ4n) is 2.33. The molecule has 0 spiro atoms. The number of thiophene rings is 1. The number of ether oxygens (including phenoxy) is 1. The van der Waals surface area contributed by atoms with Crippen LogP contribution in [0.5, 0.6) is 5.75 Å². The van der Waals surface area contributed by atoms with E-state index in [1.807, 2.05) is 31.2 Å². The number of methoxy groups -OCH3 is 1. The molecule has 0 aliphatic rings. The maximum atomic E-state index is 12.3. The van der Waals surface area contributed by atoms with E-state index in [0.29, 0.717) is 11.2 Å². The first-order chi connectivity index (χ1) is 10.1. The molecule has 2 heterocycles. The molecular weight excluding hydrogens is 308 g/mol. The Balaban J connectivity index is 2.26. The van der Waals surface area contributed by atoms with Gasteiger partial charge in [-0.2, -0.15) is 0 Å². The number of aryl methyl sites for hydroxylation is 1. The Kier molecular flexibility index (Phi) is 3.69. The Bertz CT molecular complexity index is 852. The molecule has 2 aromatic heterocycles. The average molecular weight is 321 g/mol. The number of aromatic amines is 1. The van der Waals surface area contributed by atoms with Crippen molar-refractivity contribution in [1.29, 1.82) is 0 Å². The summed E-state index contributed by atoms with van der Waals surface area (Å²) in [4.78, 5) is 21.2. The number of benzene rings is 1. The van der Waals surface area contributed by atoms with E-state index in [9.17, 15) is 4.79 Å². The lowest BCUT2D eigenvalue weighted by atomic mass is 10.0. The summed E-state index contributed by atoms with van der Waals surface area (Å²) in [5.74, 6) is 1.48. The number of halogens is 1. The van der Waals surface area contributed by atoms with Crippen molar-refractivity contribution in [2.75, 3.05) is 7.11 Å². The van der Waals surface area contributed by atoms with Crippen molar-refractivity contribution in [3.05, 3.63) is 45.3 Å². The number of hydrogen-bond donors (Lipinski definition) is 1. The molecule has 0 aliphatic carbocycles. The summed E-state index contributed by atoms with van der Waals surface area (Å²) >= 11 is 7.26. The molecule has 0 saturated heterocycles.